The third-order valence-corrected chi connectivity index (χ3v) is 6.36. The molecule has 1 saturated heterocycles. The summed E-state index contributed by atoms with van der Waals surface area (Å²) in [5.74, 6) is 0.442. The van der Waals surface area contributed by atoms with Crippen molar-refractivity contribution >= 4 is 33.0 Å². The number of ether oxygens (including phenoxy) is 2. The minimum atomic E-state index is -3.60. The number of nitrogens with zero attached hydrogens (tertiary/aromatic N) is 2. The summed E-state index contributed by atoms with van der Waals surface area (Å²) in [5, 5.41) is 2.64. The molecule has 0 amide bonds. The van der Waals surface area contributed by atoms with Gasteiger partial charge in [-0.25, -0.2) is 13.4 Å². The van der Waals surface area contributed by atoms with Crippen molar-refractivity contribution in [1.82, 2.24) is 9.29 Å². The van der Waals surface area contributed by atoms with Gasteiger partial charge in [0.15, 0.2) is 0 Å². The summed E-state index contributed by atoms with van der Waals surface area (Å²) in [6.07, 6.45) is 2.09. The number of sulfonamides is 1. The summed E-state index contributed by atoms with van der Waals surface area (Å²) in [5.41, 5.74) is 0. The summed E-state index contributed by atoms with van der Waals surface area (Å²) in [7, 11) is -2.12. The van der Waals surface area contributed by atoms with Crippen molar-refractivity contribution in [2.24, 2.45) is 0 Å². The van der Waals surface area contributed by atoms with E-state index in [2.05, 4.69) is 4.98 Å². The van der Waals surface area contributed by atoms with E-state index < -0.39 is 10.0 Å². The molecule has 1 aromatic carbocycles. The zero-order valence-electron chi connectivity index (χ0n) is 12.3. The van der Waals surface area contributed by atoms with E-state index in [1.54, 1.807) is 12.3 Å². The number of thiazole rings is 1. The summed E-state index contributed by atoms with van der Waals surface area (Å²) in [6, 6.07) is 4.45. The fourth-order valence-corrected chi connectivity index (χ4v) is 4.77. The molecule has 0 unspecified atom stereocenters. The molecule has 0 N–H and O–H groups in total. The standard InChI is InChI=1S/C14H15ClN2O4S2/c1-20-13-3-2-11(8-12(13)15)23(18,19)17-6-4-10(9-17)21-14-16-5-7-22-14/h2-3,5,7-8,10H,4,6,9H2,1H3/t10-/m1/s1. The Hall–Kier alpha value is -1.35. The maximum absolute atomic E-state index is 12.7. The summed E-state index contributed by atoms with van der Waals surface area (Å²) >= 11 is 7.41. The van der Waals surface area contributed by atoms with Crippen molar-refractivity contribution in [3.63, 3.8) is 0 Å². The van der Waals surface area contributed by atoms with Gasteiger partial charge in [0.05, 0.1) is 23.6 Å². The second-order valence-corrected chi connectivity index (χ2v) is 8.19. The highest BCUT2D eigenvalue weighted by Crippen LogP contribution is 2.30. The maximum atomic E-state index is 12.7. The molecule has 3 rings (SSSR count). The van der Waals surface area contributed by atoms with E-state index in [0.717, 1.165) is 0 Å². The first kappa shape index (κ1) is 16.5. The normalized spacial score (nSPS) is 19.0. The van der Waals surface area contributed by atoms with Gasteiger partial charge in [0.25, 0.3) is 5.19 Å². The number of hydrogen-bond acceptors (Lipinski definition) is 6. The molecule has 0 bridgehead atoms. The van der Waals surface area contributed by atoms with Crippen molar-refractivity contribution in [2.75, 3.05) is 20.2 Å². The summed E-state index contributed by atoms with van der Waals surface area (Å²) in [4.78, 5) is 4.20. The van der Waals surface area contributed by atoms with Crippen LogP contribution in [-0.4, -0.2) is 44.0 Å². The zero-order valence-corrected chi connectivity index (χ0v) is 14.7. The van der Waals surface area contributed by atoms with Gasteiger partial charge in [0.2, 0.25) is 10.0 Å². The fourth-order valence-electron chi connectivity index (χ4n) is 2.38. The third kappa shape index (κ3) is 3.45. The van der Waals surface area contributed by atoms with Gasteiger partial charge in [-0.05, 0) is 24.6 Å². The predicted octanol–water partition coefficient (Wildman–Crippen LogP) is 2.65. The SMILES string of the molecule is COc1ccc(S(=O)(=O)N2CC[C@@H](Oc3nccs3)C2)cc1Cl. The molecule has 0 aliphatic carbocycles. The second kappa shape index (κ2) is 6.64. The van der Waals surface area contributed by atoms with Gasteiger partial charge in [0, 0.05) is 18.1 Å². The number of methoxy groups -OCH3 is 1. The van der Waals surface area contributed by atoms with Crippen LogP contribution in [0.1, 0.15) is 6.42 Å². The highest BCUT2D eigenvalue weighted by atomic mass is 35.5. The largest absolute Gasteiger partial charge is 0.495 e. The minimum absolute atomic E-state index is 0.151. The fraction of sp³-hybridized carbons (Fsp3) is 0.357. The summed E-state index contributed by atoms with van der Waals surface area (Å²) in [6.45, 7) is 0.702. The van der Waals surface area contributed by atoms with Crippen LogP contribution >= 0.6 is 22.9 Å². The molecular formula is C14H15ClN2O4S2. The molecule has 1 aliphatic heterocycles. The molecule has 0 radical (unpaired) electrons. The highest BCUT2D eigenvalue weighted by molar-refractivity contribution is 7.89. The Kier molecular flexibility index (Phi) is 4.77. The Morgan fingerprint density at radius 2 is 2.26 bits per heavy atom. The lowest BCUT2D eigenvalue weighted by Crippen LogP contribution is -2.31. The molecular weight excluding hydrogens is 360 g/mol. The van der Waals surface area contributed by atoms with Gasteiger partial charge in [0.1, 0.15) is 11.9 Å². The van der Waals surface area contributed by atoms with Crippen LogP contribution in [0.4, 0.5) is 0 Å². The van der Waals surface area contributed by atoms with E-state index in [4.69, 9.17) is 21.1 Å². The first-order valence-corrected chi connectivity index (χ1v) is 9.60. The minimum Gasteiger partial charge on any atom is -0.495 e. The molecule has 1 aromatic heterocycles. The molecule has 2 aromatic rings. The molecule has 23 heavy (non-hydrogen) atoms. The average molecular weight is 375 g/mol. The first-order valence-electron chi connectivity index (χ1n) is 6.90. The van der Waals surface area contributed by atoms with E-state index in [-0.39, 0.29) is 16.0 Å². The number of rotatable bonds is 5. The van der Waals surface area contributed by atoms with Crippen molar-refractivity contribution in [1.29, 1.82) is 0 Å². The Balaban J connectivity index is 1.74. The molecule has 1 fully saturated rings. The lowest BCUT2D eigenvalue weighted by Gasteiger charge is -2.17. The van der Waals surface area contributed by atoms with Gasteiger partial charge >= 0.3 is 0 Å². The Morgan fingerprint density at radius 1 is 1.43 bits per heavy atom. The van der Waals surface area contributed by atoms with Crippen LogP contribution in [0.25, 0.3) is 0 Å². The van der Waals surface area contributed by atoms with Gasteiger partial charge in [-0.1, -0.05) is 22.9 Å². The van der Waals surface area contributed by atoms with Gasteiger partial charge in [-0.2, -0.15) is 4.31 Å². The van der Waals surface area contributed by atoms with E-state index in [1.807, 2.05) is 5.38 Å². The average Bonchev–Trinajstić information content (AvgIpc) is 3.19. The molecule has 6 nitrogen and oxygen atoms in total. The van der Waals surface area contributed by atoms with Crippen LogP contribution in [0.2, 0.25) is 5.02 Å². The number of halogens is 1. The quantitative estimate of drug-likeness (QED) is 0.804. The molecule has 9 heteroatoms. The van der Waals surface area contributed by atoms with E-state index in [9.17, 15) is 8.42 Å². The van der Waals surface area contributed by atoms with Crippen molar-refractivity contribution < 1.29 is 17.9 Å². The Labute approximate surface area is 143 Å². The number of hydrogen-bond donors (Lipinski definition) is 0. The molecule has 0 saturated carbocycles. The van der Waals surface area contributed by atoms with Gasteiger partial charge in [-0.3, -0.25) is 0 Å². The molecule has 124 valence electrons. The maximum Gasteiger partial charge on any atom is 0.273 e. The first-order chi connectivity index (χ1) is 11.0. The van der Waals surface area contributed by atoms with Crippen LogP contribution in [0.15, 0.2) is 34.7 Å². The van der Waals surface area contributed by atoms with Gasteiger partial charge in [-0.15, -0.1) is 0 Å². The lowest BCUT2D eigenvalue weighted by atomic mass is 10.3. The van der Waals surface area contributed by atoms with Crippen molar-refractivity contribution in [3.05, 3.63) is 34.8 Å². The number of benzene rings is 1. The Bertz CT molecular complexity index is 780. The Morgan fingerprint density at radius 3 is 2.91 bits per heavy atom. The van der Waals surface area contributed by atoms with E-state index >= 15 is 0 Å². The smallest absolute Gasteiger partial charge is 0.273 e. The molecule has 0 spiro atoms. The van der Waals surface area contributed by atoms with Crippen molar-refractivity contribution in [2.45, 2.75) is 17.4 Å². The van der Waals surface area contributed by atoms with Crippen molar-refractivity contribution in [3.8, 4) is 10.9 Å². The number of aromatic nitrogens is 1. The van der Waals surface area contributed by atoms with E-state index in [0.29, 0.717) is 30.5 Å². The van der Waals surface area contributed by atoms with E-state index in [1.165, 1.54) is 34.9 Å². The van der Waals surface area contributed by atoms with Crippen LogP contribution in [-0.2, 0) is 10.0 Å². The topological polar surface area (TPSA) is 68.7 Å². The lowest BCUT2D eigenvalue weighted by molar-refractivity contribution is 0.214. The third-order valence-electron chi connectivity index (χ3n) is 3.55. The molecule has 1 aliphatic rings. The zero-order chi connectivity index (χ0) is 16.4. The van der Waals surface area contributed by atoms with Gasteiger partial charge < -0.3 is 9.47 Å². The van der Waals surface area contributed by atoms with Crippen LogP contribution in [0.3, 0.4) is 0 Å². The predicted molar refractivity (Wildman–Crippen MR) is 87.9 cm³/mol. The highest BCUT2D eigenvalue weighted by Gasteiger charge is 2.34. The summed E-state index contributed by atoms with van der Waals surface area (Å²) < 4.78 is 37.5. The second-order valence-electron chi connectivity index (χ2n) is 4.99. The monoisotopic (exact) mass is 374 g/mol. The van der Waals surface area contributed by atoms with Crippen LogP contribution < -0.4 is 9.47 Å². The van der Waals surface area contributed by atoms with Crippen LogP contribution in [0.5, 0.6) is 10.9 Å². The molecule has 2 heterocycles. The van der Waals surface area contributed by atoms with Crippen LogP contribution in [0, 0.1) is 0 Å². The molecule has 1 atom stereocenters.